The molecule has 186 valence electrons. The fourth-order valence-electron chi connectivity index (χ4n) is 5.38. The molecular formula is C30H33ClN4S. The lowest BCUT2D eigenvalue weighted by Gasteiger charge is -2.41. The summed E-state index contributed by atoms with van der Waals surface area (Å²) in [6.07, 6.45) is 4.15. The van der Waals surface area contributed by atoms with Crippen LogP contribution in [0.25, 0.3) is 5.57 Å². The Labute approximate surface area is 225 Å². The Morgan fingerprint density at radius 3 is 2.44 bits per heavy atom. The predicted octanol–water partition coefficient (Wildman–Crippen LogP) is 7.67. The van der Waals surface area contributed by atoms with Crippen LogP contribution >= 0.6 is 23.8 Å². The molecule has 1 N–H and O–H groups in total. The quantitative estimate of drug-likeness (QED) is 0.359. The Kier molecular flexibility index (Phi) is 6.34. The molecule has 0 radical (unpaired) electrons. The number of nitrogens with one attached hydrogen (secondary N) is 1. The number of halogens is 1. The standard InChI is InChI=1S/C30H33ClN4S/c1-18(2)20-10-12-21(13-11-20)35-28(27(33-29(35)36)25-9-7-8-14-32-25)23-15-22-19(3)17-30(4,5)34(6)26(22)16-24(23)31/h7-18,27-28H,1-6H3,(H,33,36)/t27-,28+/m1/s1. The fraction of sp³-hybridized carbons (Fsp3) is 0.333. The van der Waals surface area contributed by atoms with Crippen LogP contribution in [0.3, 0.4) is 0 Å². The van der Waals surface area contributed by atoms with Crippen molar-refractivity contribution >= 4 is 45.9 Å². The molecule has 5 rings (SSSR count). The molecule has 2 aromatic carbocycles. The minimum atomic E-state index is -0.150. The molecule has 3 heterocycles. The highest BCUT2D eigenvalue weighted by Gasteiger charge is 2.42. The Hall–Kier alpha value is -2.89. The van der Waals surface area contributed by atoms with Gasteiger partial charge in [-0.25, -0.2) is 0 Å². The summed E-state index contributed by atoms with van der Waals surface area (Å²) in [7, 11) is 2.13. The van der Waals surface area contributed by atoms with Gasteiger partial charge in [0.2, 0.25) is 0 Å². The third-order valence-corrected chi connectivity index (χ3v) is 8.23. The van der Waals surface area contributed by atoms with Gasteiger partial charge in [0.15, 0.2) is 5.11 Å². The van der Waals surface area contributed by atoms with Crippen molar-refractivity contribution in [3.05, 3.63) is 94.3 Å². The van der Waals surface area contributed by atoms with Crippen molar-refractivity contribution in [1.29, 1.82) is 0 Å². The van der Waals surface area contributed by atoms with Crippen LogP contribution in [-0.4, -0.2) is 22.7 Å². The number of aromatic nitrogens is 1. The van der Waals surface area contributed by atoms with E-state index in [4.69, 9.17) is 23.8 Å². The molecule has 0 amide bonds. The smallest absolute Gasteiger partial charge is 0.174 e. The van der Waals surface area contributed by atoms with Crippen molar-refractivity contribution in [2.75, 3.05) is 16.8 Å². The number of pyridine rings is 1. The highest BCUT2D eigenvalue weighted by atomic mass is 35.5. The van der Waals surface area contributed by atoms with Crippen molar-refractivity contribution in [3.63, 3.8) is 0 Å². The molecule has 36 heavy (non-hydrogen) atoms. The molecule has 3 aromatic rings. The van der Waals surface area contributed by atoms with Crippen molar-refractivity contribution < 1.29 is 0 Å². The van der Waals surface area contributed by atoms with Crippen LogP contribution in [0.1, 0.15) is 75.0 Å². The number of allylic oxidation sites excluding steroid dienone is 1. The topological polar surface area (TPSA) is 31.4 Å². The van der Waals surface area contributed by atoms with E-state index in [1.54, 1.807) is 0 Å². The third kappa shape index (κ3) is 4.18. The zero-order valence-corrected chi connectivity index (χ0v) is 23.3. The van der Waals surface area contributed by atoms with Crippen LogP contribution in [0.4, 0.5) is 11.4 Å². The average Bonchev–Trinajstić information content (AvgIpc) is 3.19. The van der Waals surface area contributed by atoms with Gasteiger partial charge in [-0.1, -0.05) is 49.7 Å². The van der Waals surface area contributed by atoms with E-state index in [1.807, 2.05) is 24.4 Å². The van der Waals surface area contributed by atoms with Gasteiger partial charge in [0.25, 0.3) is 0 Å². The Bertz CT molecular complexity index is 1330. The maximum absolute atomic E-state index is 7.10. The van der Waals surface area contributed by atoms with Crippen LogP contribution in [-0.2, 0) is 0 Å². The first-order valence-corrected chi connectivity index (χ1v) is 13.2. The molecule has 0 bridgehead atoms. The molecule has 2 aliphatic heterocycles. The van der Waals surface area contributed by atoms with Crippen molar-refractivity contribution in [3.8, 4) is 0 Å². The summed E-state index contributed by atoms with van der Waals surface area (Å²) < 4.78 is 0. The zero-order chi connectivity index (χ0) is 25.8. The Morgan fingerprint density at radius 2 is 1.81 bits per heavy atom. The Balaban J connectivity index is 1.68. The van der Waals surface area contributed by atoms with E-state index in [-0.39, 0.29) is 17.6 Å². The lowest BCUT2D eigenvalue weighted by Crippen LogP contribution is -2.42. The molecule has 6 heteroatoms. The lowest BCUT2D eigenvalue weighted by atomic mass is 9.86. The SMILES string of the molecule is CC1=CC(C)(C)N(C)c2cc(Cl)c([C@H]3[C@@H](c4ccccn4)NC(=S)N3c3ccc(C(C)C)cc3)cc21. The second-order valence-electron chi connectivity index (χ2n) is 10.7. The van der Waals surface area contributed by atoms with Gasteiger partial charge in [0.1, 0.15) is 0 Å². The maximum atomic E-state index is 7.10. The summed E-state index contributed by atoms with van der Waals surface area (Å²) in [6, 6.07) is 18.8. The Morgan fingerprint density at radius 1 is 1.08 bits per heavy atom. The number of nitrogens with zero attached hydrogens (tertiary/aromatic N) is 3. The molecule has 0 saturated carbocycles. The first-order valence-electron chi connectivity index (χ1n) is 12.5. The van der Waals surface area contributed by atoms with E-state index < -0.39 is 0 Å². The number of hydrogen-bond acceptors (Lipinski definition) is 3. The van der Waals surface area contributed by atoms with E-state index in [9.17, 15) is 0 Å². The summed E-state index contributed by atoms with van der Waals surface area (Å²) in [4.78, 5) is 9.18. The lowest BCUT2D eigenvalue weighted by molar-refractivity contribution is 0.567. The predicted molar refractivity (Wildman–Crippen MR) is 156 cm³/mol. The third-order valence-electron chi connectivity index (χ3n) is 7.59. The van der Waals surface area contributed by atoms with E-state index in [0.717, 1.165) is 27.7 Å². The molecule has 1 fully saturated rings. The molecule has 2 aliphatic rings. The molecule has 1 saturated heterocycles. The normalized spacial score (nSPS) is 20.9. The van der Waals surface area contributed by atoms with Crippen LogP contribution in [0.2, 0.25) is 5.02 Å². The minimum absolute atomic E-state index is 0.0842. The molecule has 4 nitrogen and oxygen atoms in total. The van der Waals surface area contributed by atoms with Gasteiger partial charge in [-0.15, -0.1) is 0 Å². The van der Waals surface area contributed by atoms with Gasteiger partial charge in [-0.05, 0) is 92.0 Å². The number of hydrogen-bond donors (Lipinski definition) is 1. The second kappa shape index (κ2) is 9.20. The van der Waals surface area contributed by atoms with Gasteiger partial charge in [0, 0.05) is 35.2 Å². The highest BCUT2D eigenvalue weighted by Crippen LogP contribution is 2.47. The largest absolute Gasteiger partial charge is 0.365 e. The maximum Gasteiger partial charge on any atom is 0.174 e. The summed E-state index contributed by atoms with van der Waals surface area (Å²) in [6.45, 7) is 11.0. The van der Waals surface area contributed by atoms with Gasteiger partial charge in [-0.2, -0.15) is 0 Å². The van der Waals surface area contributed by atoms with Crippen molar-refractivity contribution in [1.82, 2.24) is 10.3 Å². The number of anilines is 2. The van der Waals surface area contributed by atoms with E-state index >= 15 is 0 Å². The fourth-order valence-corrected chi connectivity index (χ4v) is 6.00. The molecule has 0 spiro atoms. The number of thiocarbonyl (C=S) groups is 1. The van der Waals surface area contributed by atoms with Crippen LogP contribution in [0.15, 0.2) is 66.9 Å². The van der Waals surface area contributed by atoms with Crippen LogP contribution in [0.5, 0.6) is 0 Å². The number of likely N-dealkylation sites (N-methyl/N-ethyl adjacent to an activating group) is 1. The first-order chi connectivity index (χ1) is 17.1. The van der Waals surface area contributed by atoms with Crippen molar-refractivity contribution in [2.45, 2.75) is 58.2 Å². The number of benzene rings is 2. The van der Waals surface area contributed by atoms with E-state index in [1.165, 1.54) is 16.7 Å². The molecule has 2 atom stereocenters. The molecular weight excluding hydrogens is 484 g/mol. The number of fused-ring (bicyclic) bond motifs is 1. The molecule has 1 aromatic heterocycles. The second-order valence-corrected chi connectivity index (χ2v) is 11.5. The highest BCUT2D eigenvalue weighted by molar-refractivity contribution is 7.80. The molecule has 0 aliphatic carbocycles. The summed E-state index contributed by atoms with van der Waals surface area (Å²) >= 11 is 13.0. The summed E-state index contributed by atoms with van der Waals surface area (Å²) in [5.74, 6) is 0.464. The minimum Gasteiger partial charge on any atom is -0.365 e. The van der Waals surface area contributed by atoms with Gasteiger partial charge >= 0.3 is 0 Å². The van der Waals surface area contributed by atoms with Crippen LogP contribution < -0.4 is 15.1 Å². The monoisotopic (exact) mass is 516 g/mol. The van der Waals surface area contributed by atoms with Crippen LogP contribution in [0, 0.1) is 0 Å². The average molecular weight is 517 g/mol. The number of rotatable bonds is 4. The van der Waals surface area contributed by atoms with Gasteiger partial charge in [-0.3, -0.25) is 4.98 Å². The van der Waals surface area contributed by atoms with E-state index in [2.05, 4.69) is 104 Å². The summed E-state index contributed by atoms with van der Waals surface area (Å²) in [5, 5.41) is 4.96. The first kappa shape index (κ1) is 24.8. The van der Waals surface area contributed by atoms with Crippen molar-refractivity contribution in [2.24, 2.45) is 0 Å². The molecule has 0 unspecified atom stereocenters. The zero-order valence-electron chi connectivity index (χ0n) is 21.7. The summed E-state index contributed by atoms with van der Waals surface area (Å²) in [5.41, 5.74) is 7.82. The van der Waals surface area contributed by atoms with E-state index in [0.29, 0.717) is 11.0 Å². The van der Waals surface area contributed by atoms with Gasteiger partial charge in [0.05, 0.1) is 23.3 Å². The van der Waals surface area contributed by atoms with Gasteiger partial charge < -0.3 is 15.1 Å².